The Bertz CT molecular complexity index is 837. The Labute approximate surface area is 178 Å². The number of primary amides is 1. The van der Waals surface area contributed by atoms with Gasteiger partial charge in [0.25, 0.3) is 5.91 Å². The molecule has 2 saturated heterocycles. The minimum absolute atomic E-state index is 0.104. The van der Waals surface area contributed by atoms with Crippen molar-refractivity contribution >= 4 is 17.7 Å². The number of carbonyl (C=O) groups excluding carboxylic acids is 3. The fraction of sp³-hybridized carbons (Fsp3) is 0.571. The van der Waals surface area contributed by atoms with Gasteiger partial charge in [-0.3, -0.25) is 19.3 Å². The zero-order valence-electron chi connectivity index (χ0n) is 17.4. The first-order valence-electron chi connectivity index (χ1n) is 10.4. The molecule has 0 aliphatic carbocycles. The number of rotatable bonds is 4. The molecule has 2 atom stereocenters. The van der Waals surface area contributed by atoms with E-state index in [1.807, 2.05) is 4.90 Å². The lowest BCUT2D eigenvalue weighted by Gasteiger charge is -2.40. The summed E-state index contributed by atoms with van der Waals surface area (Å²) in [6.45, 7) is 3.86. The fourth-order valence-corrected chi connectivity index (χ4v) is 4.23. The smallest absolute Gasteiger partial charge is 0.369 e. The molecule has 0 bridgehead atoms. The molecular weight excluding hydrogens is 413 g/mol. The summed E-state index contributed by atoms with van der Waals surface area (Å²) in [6, 6.07) is 4.31. The molecule has 31 heavy (non-hydrogen) atoms. The summed E-state index contributed by atoms with van der Waals surface area (Å²) in [5, 5.41) is 0. The highest BCUT2D eigenvalue weighted by atomic mass is 19.4. The van der Waals surface area contributed by atoms with Crippen molar-refractivity contribution in [2.75, 3.05) is 39.3 Å². The Morgan fingerprint density at radius 3 is 2.29 bits per heavy atom. The van der Waals surface area contributed by atoms with Crippen molar-refractivity contribution in [3.63, 3.8) is 0 Å². The Morgan fingerprint density at radius 1 is 1.03 bits per heavy atom. The van der Waals surface area contributed by atoms with Crippen molar-refractivity contribution in [1.82, 2.24) is 14.7 Å². The van der Waals surface area contributed by atoms with Crippen LogP contribution in [0.15, 0.2) is 24.3 Å². The van der Waals surface area contributed by atoms with Crippen LogP contribution in [-0.2, 0) is 15.8 Å². The molecule has 0 radical (unpaired) electrons. The molecule has 2 unspecified atom stereocenters. The number of hydrogen-bond donors (Lipinski definition) is 1. The third-order valence-electron chi connectivity index (χ3n) is 6.10. The summed E-state index contributed by atoms with van der Waals surface area (Å²) in [5.74, 6) is -1.51. The number of alkyl halides is 3. The van der Waals surface area contributed by atoms with Crippen LogP contribution in [0.5, 0.6) is 0 Å². The van der Waals surface area contributed by atoms with Gasteiger partial charge in [0.2, 0.25) is 11.8 Å². The molecular formula is C21H27F3N4O3. The molecule has 2 aliphatic rings. The van der Waals surface area contributed by atoms with Gasteiger partial charge in [-0.1, -0.05) is 12.1 Å². The maximum absolute atomic E-state index is 13.2. The lowest BCUT2D eigenvalue weighted by Crippen LogP contribution is -2.57. The molecule has 2 heterocycles. The molecule has 0 saturated carbocycles. The Balaban J connectivity index is 1.60. The number of piperidine rings is 1. The first-order chi connectivity index (χ1) is 14.6. The Morgan fingerprint density at radius 2 is 1.68 bits per heavy atom. The van der Waals surface area contributed by atoms with Gasteiger partial charge in [0, 0.05) is 39.3 Å². The zero-order chi connectivity index (χ0) is 22.8. The normalized spacial score (nSPS) is 21.6. The number of carbonyl (C=O) groups is 3. The summed E-state index contributed by atoms with van der Waals surface area (Å²) in [4.78, 5) is 42.0. The van der Waals surface area contributed by atoms with Crippen molar-refractivity contribution in [2.24, 2.45) is 11.7 Å². The minimum atomic E-state index is -4.60. The molecule has 7 nitrogen and oxygen atoms in total. The molecule has 10 heteroatoms. The van der Waals surface area contributed by atoms with Gasteiger partial charge in [-0.15, -0.1) is 0 Å². The van der Waals surface area contributed by atoms with Gasteiger partial charge in [-0.25, -0.2) is 0 Å². The van der Waals surface area contributed by atoms with E-state index in [0.717, 1.165) is 6.07 Å². The van der Waals surface area contributed by atoms with E-state index in [1.54, 1.807) is 11.8 Å². The number of halogens is 3. The first-order valence-corrected chi connectivity index (χ1v) is 10.4. The molecule has 0 spiro atoms. The molecule has 3 amide bonds. The van der Waals surface area contributed by atoms with E-state index in [-0.39, 0.29) is 30.5 Å². The van der Waals surface area contributed by atoms with Crippen molar-refractivity contribution in [3.8, 4) is 0 Å². The van der Waals surface area contributed by atoms with E-state index < -0.39 is 29.6 Å². The number of piperazine rings is 1. The standard InChI is InChI=1S/C21H27F3N4O3/c1-14(19(30)28-8-4-5-15(13-28)18(25)29)26-9-11-27(12-10-26)20(31)16-6-2-3-7-17(16)21(22,23)24/h2-3,6-7,14-15H,4-5,8-13H2,1H3,(H2,25,29). The second-order valence-corrected chi connectivity index (χ2v) is 8.07. The molecule has 3 rings (SSSR count). The van der Waals surface area contributed by atoms with Crippen molar-refractivity contribution in [2.45, 2.75) is 32.0 Å². The number of likely N-dealkylation sites (tertiary alicyclic amines) is 1. The molecule has 2 fully saturated rings. The van der Waals surface area contributed by atoms with Gasteiger partial charge in [-0.2, -0.15) is 13.2 Å². The van der Waals surface area contributed by atoms with Gasteiger partial charge in [0.1, 0.15) is 0 Å². The lowest BCUT2D eigenvalue weighted by atomic mass is 9.97. The monoisotopic (exact) mass is 440 g/mol. The highest BCUT2D eigenvalue weighted by Crippen LogP contribution is 2.32. The molecule has 2 aliphatic heterocycles. The van der Waals surface area contributed by atoms with E-state index in [4.69, 9.17) is 5.73 Å². The topological polar surface area (TPSA) is 86.9 Å². The summed E-state index contributed by atoms with van der Waals surface area (Å²) in [5.41, 5.74) is 4.08. The van der Waals surface area contributed by atoms with Crippen LogP contribution in [0.3, 0.4) is 0 Å². The quantitative estimate of drug-likeness (QED) is 0.770. The molecule has 1 aromatic carbocycles. The van der Waals surface area contributed by atoms with Gasteiger partial charge in [0.15, 0.2) is 0 Å². The Hall–Kier alpha value is -2.62. The number of benzene rings is 1. The zero-order valence-corrected chi connectivity index (χ0v) is 17.4. The summed E-state index contributed by atoms with van der Waals surface area (Å²) >= 11 is 0. The number of nitrogens with zero attached hydrogens (tertiary/aromatic N) is 3. The highest BCUT2D eigenvalue weighted by Gasteiger charge is 2.37. The van der Waals surface area contributed by atoms with Crippen LogP contribution >= 0.6 is 0 Å². The summed E-state index contributed by atoms with van der Waals surface area (Å²) in [6.07, 6.45) is -3.22. The van der Waals surface area contributed by atoms with Crippen LogP contribution in [0.25, 0.3) is 0 Å². The average Bonchev–Trinajstić information content (AvgIpc) is 2.77. The average molecular weight is 440 g/mol. The Kier molecular flexibility index (Phi) is 6.88. The van der Waals surface area contributed by atoms with Crippen LogP contribution in [0.2, 0.25) is 0 Å². The fourth-order valence-electron chi connectivity index (χ4n) is 4.23. The van der Waals surface area contributed by atoms with Crippen LogP contribution in [0.1, 0.15) is 35.7 Å². The molecule has 0 aromatic heterocycles. The van der Waals surface area contributed by atoms with Crippen LogP contribution in [-0.4, -0.2) is 77.7 Å². The lowest BCUT2D eigenvalue weighted by molar-refractivity contribution is -0.140. The van der Waals surface area contributed by atoms with E-state index >= 15 is 0 Å². The maximum Gasteiger partial charge on any atom is 0.417 e. The third-order valence-corrected chi connectivity index (χ3v) is 6.10. The van der Waals surface area contributed by atoms with Crippen molar-refractivity contribution in [3.05, 3.63) is 35.4 Å². The predicted molar refractivity (Wildman–Crippen MR) is 107 cm³/mol. The van der Waals surface area contributed by atoms with E-state index in [9.17, 15) is 27.6 Å². The minimum Gasteiger partial charge on any atom is -0.369 e. The number of amides is 3. The number of hydrogen-bond acceptors (Lipinski definition) is 4. The second kappa shape index (κ2) is 9.25. The number of nitrogens with two attached hydrogens (primary N) is 1. The van der Waals surface area contributed by atoms with Crippen molar-refractivity contribution < 1.29 is 27.6 Å². The first kappa shape index (κ1) is 23.1. The van der Waals surface area contributed by atoms with Gasteiger partial charge >= 0.3 is 6.18 Å². The van der Waals surface area contributed by atoms with Crippen molar-refractivity contribution in [1.29, 1.82) is 0 Å². The second-order valence-electron chi connectivity index (χ2n) is 8.07. The maximum atomic E-state index is 13.2. The van der Waals surface area contributed by atoms with Crippen LogP contribution in [0.4, 0.5) is 13.2 Å². The van der Waals surface area contributed by atoms with Gasteiger partial charge in [0.05, 0.1) is 23.1 Å². The third kappa shape index (κ3) is 5.17. The summed E-state index contributed by atoms with van der Waals surface area (Å²) < 4.78 is 39.7. The van der Waals surface area contributed by atoms with Gasteiger partial charge in [-0.05, 0) is 31.9 Å². The molecule has 2 N–H and O–H groups in total. The summed E-state index contributed by atoms with van der Waals surface area (Å²) in [7, 11) is 0. The largest absolute Gasteiger partial charge is 0.417 e. The SMILES string of the molecule is CC(C(=O)N1CCCC(C(N)=O)C1)N1CCN(C(=O)c2ccccc2C(F)(F)F)CC1. The molecule has 170 valence electrons. The predicted octanol–water partition coefficient (Wildman–Crippen LogP) is 1.58. The van der Waals surface area contributed by atoms with E-state index in [2.05, 4.69) is 0 Å². The highest BCUT2D eigenvalue weighted by molar-refractivity contribution is 5.96. The van der Waals surface area contributed by atoms with E-state index in [0.29, 0.717) is 39.0 Å². The van der Waals surface area contributed by atoms with Crippen LogP contribution in [0, 0.1) is 5.92 Å². The van der Waals surface area contributed by atoms with Crippen LogP contribution < -0.4 is 5.73 Å². The van der Waals surface area contributed by atoms with Gasteiger partial charge < -0.3 is 15.5 Å². The molecule has 1 aromatic rings. The van der Waals surface area contributed by atoms with E-state index in [1.165, 1.54) is 23.1 Å².